The molecule has 8 unspecified atom stereocenters. The molecule has 0 saturated carbocycles. The smallest absolute Gasteiger partial charge is 0.337 e. The molecule has 28 heavy (non-hydrogen) atoms. The third-order valence-corrected chi connectivity index (χ3v) is 4.46. The Morgan fingerprint density at radius 2 is 1.32 bits per heavy atom. The zero-order valence-electron chi connectivity index (χ0n) is 13.7. The van der Waals surface area contributed by atoms with Gasteiger partial charge in [-0.15, -0.1) is 0 Å². The number of carboxylic acid groups (broad SMARTS) is 4. The average Bonchev–Trinajstić information content (AvgIpc) is 2.55. The Hall–Kier alpha value is -2.78. The van der Waals surface area contributed by atoms with Crippen LogP contribution in [0.25, 0.3) is 0 Å². The number of rotatable bonds is 8. The molecule has 0 spiro atoms. The van der Waals surface area contributed by atoms with E-state index < -0.39 is 83.5 Å². The van der Waals surface area contributed by atoms with Gasteiger partial charge in [-0.05, 0) is 0 Å². The van der Waals surface area contributed by atoms with E-state index in [1.54, 1.807) is 0 Å². The van der Waals surface area contributed by atoms with Gasteiger partial charge in [0, 0.05) is 5.92 Å². The van der Waals surface area contributed by atoms with E-state index in [-0.39, 0.29) is 0 Å². The Balaban J connectivity index is 3.53. The maximum atomic E-state index is 11.6. The van der Waals surface area contributed by atoms with Gasteiger partial charge in [0.05, 0.1) is 24.2 Å². The number of aliphatic hydroxyl groups excluding tert-OH is 6. The fourth-order valence-electron chi connectivity index (χ4n) is 3.07. The fourth-order valence-corrected chi connectivity index (χ4v) is 3.07. The van der Waals surface area contributed by atoms with E-state index in [4.69, 9.17) is 15.3 Å². The number of aliphatic carboxylic acids is 4. The van der Waals surface area contributed by atoms with Crippen LogP contribution < -0.4 is 0 Å². The summed E-state index contributed by atoms with van der Waals surface area (Å²) in [5, 5.41) is 95.2. The molecule has 0 aliphatic heterocycles. The molecule has 158 valence electrons. The largest absolute Gasteiger partial charge is 0.511 e. The summed E-state index contributed by atoms with van der Waals surface area (Å²) in [5.74, 6) is -16.9. The predicted molar refractivity (Wildman–Crippen MR) is 80.7 cm³/mol. The molecular formula is C14H18O14. The normalized spacial score (nSPS) is 29.5. The summed E-state index contributed by atoms with van der Waals surface area (Å²) in [6.45, 7) is 0. The van der Waals surface area contributed by atoms with Gasteiger partial charge in [0.2, 0.25) is 0 Å². The van der Waals surface area contributed by atoms with Crippen molar-refractivity contribution in [1.82, 2.24) is 0 Å². The monoisotopic (exact) mass is 410 g/mol. The minimum atomic E-state index is -2.70. The van der Waals surface area contributed by atoms with Crippen molar-refractivity contribution in [2.45, 2.75) is 30.5 Å². The second-order valence-corrected chi connectivity index (χ2v) is 6.06. The molecule has 1 aliphatic carbocycles. The van der Waals surface area contributed by atoms with Gasteiger partial charge in [0.1, 0.15) is 23.4 Å². The minimum Gasteiger partial charge on any atom is -0.511 e. The van der Waals surface area contributed by atoms with Gasteiger partial charge in [-0.1, -0.05) is 0 Å². The Morgan fingerprint density at radius 1 is 0.821 bits per heavy atom. The quantitative estimate of drug-likeness (QED) is 0.182. The maximum Gasteiger partial charge on any atom is 0.337 e. The average molecular weight is 410 g/mol. The van der Waals surface area contributed by atoms with E-state index >= 15 is 0 Å². The third-order valence-electron chi connectivity index (χ3n) is 4.46. The van der Waals surface area contributed by atoms with Gasteiger partial charge in [-0.25, -0.2) is 9.59 Å². The lowest BCUT2D eigenvalue weighted by Gasteiger charge is -2.41. The first kappa shape index (κ1) is 23.3. The molecule has 14 nitrogen and oxygen atoms in total. The van der Waals surface area contributed by atoms with Crippen LogP contribution in [0.15, 0.2) is 11.3 Å². The molecule has 0 aromatic heterocycles. The number of aliphatic hydroxyl groups is 6. The van der Waals surface area contributed by atoms with Gasteiger partial charge < -0.3 is 51.1 Å². The molecule has 0 saturated heterocycles. The highest BCUT2D eigenvalue weighted by atomic mass is 16.4. The highest BCUT2D eigenvalue weighted by molar-refractivity contribution is 5.91. The van der Waals surface area contributed by atoms with Gasteiger partial charge in [0.25, 0.3) is 0 Å². The van der Waals surface area contributed by atoms with Crippen LogP contribution in [0.1, 0.15) is 0 Å². The molecule has 0 aromatic rings. The topological polar surface area (TPSA) is 271 Å². The molecule has 10 N–H and O–H groups in total. The summed E-state index contributed by atoms with van der Waals surface area (Å²) < 4.78 is 0. The van der Waals surface area contributed by atoms with E-state index in [1.165, 1.54) is 0 Å². The zero-order chi connectivity index (χ0) is 22.1. The number of carboxylic acids is 4. The summed E-state index contributed by atoms with van der Waals surface area (Å²) in [4.78, 5) is 44.8. The van der Waals surface area contributed by atoms with E-state index in [2.05, 4.69) is 0 Å². The number of hydrogen-bond donors (Lipinski definition) is 10. The van der Waals surface area contributed by atoms with Crippen LogP contribution in [-0.4, -0.2) is 105 Å². The number of carbonyl (C=O) groups is 4. The Labute approximate surface area is 154 Å². The molecule has 0 heterocycles. The molecule has 1 rings (SSSR count). The van der Waals surface area contributed by atoms with E-state index in [9.17, 15) is 54.9 Å². The third kappa shape index (κ3) is 4.05. The van der Waals surface area contributed by atoms with Gasteiger partial charge in [0.15, 0.2) is 6.10 Å². The van der Waals surface area contributed by atoms with Crippen molar-refractivity contribution in [1.29, 1.82) is 0 Å². The lowest BCUT2D eigenvalue weighted by molar-refractivity contribution is -0.180. The molecule has 0 radical (unpaired) electrons. The molecule has 1 aliphatic rings. The Kier molecular flexibility index (Phi) is 7.05. The summed E-state index contributed by atoms with van der Waals surface area (Å²) in [7, 11) is 0. The van der Waals surface area contributed by atoms with Crippen LogP contribution in [0.4, 0.5) is 0 Å². The van der Waals surface area contributed by atoms with Crippen molar-refractivity contribution < 1.29 is 70.2 Å². The maximum absolute atomic E-state index is 11.6. The van der Waals surface area contributed by atoms with Crippen molar-refractivity contribution >= 4 is 23.9 Å². The van der Waals surface area contributed by atoms with Crippen molar-refractivity contribution in [2.75, 3.05) is 0 Å². The molecule has 0 aromatic carbocycles. The molecule has 8 atom stereocenters. The van der Waals surface area contributed by atoms with Crippen molar-refractivity contribution in [2.24, 2.45) is 17.8 Å². The molecule has 0 amide bonds. The molecular weight excluding hydrogens is 392 g/mol. The fraction of sp³-hybridized carbons (Fsp3) is 0.571. The van der Waals surface area contributed by atoms with Crippen LogP contribution in [-0.2, 0) is 19.2 Å². The van der Waals surface area contributed by atoms with Crippen LogP contribution in [0.5, 0.6) is 0 Å². The van der Waals surface area contributed by atoms with E-state index in [0.29, 0.717) is 0 Å². The number of hydrogen-bond acceptors (Lipinski definition) is 10. The Bertz CT molecular complexity index is 698. The molecule has 0 fully saturated rings. The highest BCUT2D eigenvalue weighted by Gasteiger charge is 2.56. The van der Waals surface area contributed by atoms with Crippen LogP contribution in [0, 0.1) is 17.8 Å². The predicted octanol–water partition coefficient (Wildman–Crippen LogP) is -4.20. The van der Waals surface area contributed by atoms with Crippen molar-refractivity contribution in [3.8, 4) is 0 Å². The molecule has 14 heteroatoms. The molecule has 0 bridgehead atoms. The first-order valence-electron chi connectivity index (χ1n) is 7.50. The van der Waals surface area contributed by atoms with Gasteiger partial charge in [-0.2, -0.15) is 0 Å². The second kappa shape index (κ2) is 8.49. The van der Waals surface area contributed by atoms with E-state index in [1.807, 2.05) is 0 Å². The van der Waals surface area contributed by atoms with Gasteiger partial charge in [-0.3, -0.25) is 9.59 Å². The van der Waals surface area contributed by atoms with Crippen LogP contribution in [0.3, 0.4) is 0 Å². The summed E-state index contributed by atoms with van der Waals surface area (Å²) in [5.41, 5.74) is -1.37. The van der Waals surface area contributed by atoms with Crippen molar-refractivity contribution in [3.63, 3.8) is 0 Å². The summed E-state index contributed by atoms with van der Waals surface area (Å²) >= 11 is 0. The van der Waals surface area contributed by atoms with Crippen molar-refractivity contribution in [3.05, 3.63) is 11.3 Å². The Morgan fingerprint density at radius 3 is 1.68 bits per heavy atom. The van der Waals surface area contributed by atoms with E-state index in [0.717, 1.165) is 0 Å². The minimum absolute atomic E-state index is 1.37. The second-order valence-electron chi connectivity index (χ2n) is 6.06. The SMILES string of the molecule is O=C(O)C1=C(O)C(C(=O)O)C(O)C(C(C(=O)O)C(O)C(O)C(O)C(=O)O)C1O. The lowest BCUT2D eigenvalue weighted by atomic mass is 9.68. The van der Waals surface area contributed by atoms with Crippen LogP contribution >= 0.6 is 0 Å². The first-order chi connectivity index (χ1) is 12.7. The van der Waals surface area contributed by atoms with Gasteiger partial charge >= 0.3 is 23.9 Å². The summed E-state index contributed by atoms with van der Waals surface area (Å²) in [6.07, 6.45) is -13.1. The van der Waals surface area contributed by atoms with Crippen LogP contribution in [0.2, 0.25) is 0 Å². The standard InChI is InChI=1S/C14H18O14/c15-5-1(2(11(21)22)8(18)9(19)10(20)14(27)28)6(16)4(13(25)26)7(17)3(5)12(23)24/h1-3,5-6,8-10,15-20H,(H,21,22)(H,23,24)(H,25,26)(H,27,28). The highest BCUT2D eigenvalue weighted by Crippen LogP contribution is 2.40. The first-order valence-corrected chi connectivity index (χ1v) is 7.50. The summed E-state index contributed by atoms with van der Waals surface area (Å²) in [6, 6.07) is 0. The lowest BCUT2D eigenvalue weighted by Crippen LogP contribution is -2.58. The zero-order valence-corrected chi connectivity index (χ0v) is 13.7.